The molecule has 0 radical (unpaired) electrons. The Balaban J connectivity index is 3.57. The summed E-state index contributed by atoms with van der Waals surface area (Å²) in [6.45, 7) is 8.15. The fourth-order valence-electron chi connectivity index (χ4n) is 2.01. The second-order valence-electron chi connectivity index (χ2n) is 4.49. The minimum Gasteiger partial charge on any atom is -0.355 e. The van der Waals surface area contributed by atoms with E-state index in [1.807, 2.05) is 13.8 Å². The Hall–Kier alpha value is -0.483. The topological polar surface area (TPSA) is 47.9 Å². The van der Waals surface area contributed by atoms with E-state index in [1.165, 1.54) is 18.9 Å². The lowest BCUT2D eigenvalue weighted by Gasteiger charge is -2.29. The molecule has 0 aromatic rings. The summed E-state index contributed by atoms with van der Waals surface area (Å²) in [5.74, 6) is 0. The molecule has 18 heavy (non-hydrogen) atoms. The Bertz CT molecular complexity index is 236. The van der Waals surface area contributed by atoms with E-state index in [-0.39, 0.29) is 14.9 Å². The Morgan fingerprint density at radius 2 is 1.72 bits per heavy atom. The second-order valence-corrected chi connectivity index (χ2v) is 6.98. The predicted octanol–water partition coefficient (Wildman–Crippen LogP) is 2.22. The molecule has 0 aliphatic carbocycles. The fourth-order valence-corrected chi connectivity index (χ4v) is 3.95. The lowest BCUT2D eigenvalue weighted by Crippen LogP contribution is -2.39. The van der Waals surface area contributed by atoms with Crippen molar-refractivity contribution in [3.63, 3.8) is 0 Å². The van der Waals surface area contributed by atoms with Gasteiger partial charge in [-0.3, -0.25) is 0 Å². The number of hydrogen-bond acceptors (Lipinski definition) is 4. The van der Waals surface area contributed by atoms with Crippen molar-refractivity contribution in [3.05, 3.63) is 0 Å². The van der Waals surface area contributed by atoms with Gasteiger partial charge in [0.05, 0.1) is 16.1 Å². The van der Waals surface area contributed by atoms with Gasteiger partial charge in [-0.25, -0.2) is 9.79 Å². The van der Waals surface area contributed by atoms with Gasteiger partial charge in [0.2, 0.25) is 6.08 Å². The first-order chi connectivity index (χ1) is 8.68. The normalized spacial score (nSPS) is 11.9. The zero-order chi connectivity index (χ0) is 13.7. The summed E-state index contributed by atoms with van der Waals surface area (Å²) in [7, 11) is -0.367. The summed E-state index contributed by atoms with van der Waals surface area (Å²) in [6.07, 6.45) is 6.13. The smallest absolute Gasteiger partial charge is 0.234 e. The summed E-state index contributed by atoms with van der Waals surface area (Å²) in [5, 5.41) is 0. The minimum absolute atomic E-state index is 0.286. The van der Waals surface area contributed by atoms with Crippen LogP contribution >= 0.6 is 0 Å². The Morgan fingerprint density at radius 1 is 1.11 bits per heavy atom. The Kier molecular flexibility index (Phi) is 11.3. The van der Waals surface area contributed by atoms with Crippen molar-refractivity contribution in [1.29, 1.82) is 0 Å². The number of unbranched alkanes of at least 4 members (excludes halogenated alkanes) is 3. The molecule has 4 nitrogen and oxygen atoms in total. The second kappa shape index (κ2) is 11.6. The highest BCUT2D eigenvalue weighted by atomic mass is 28.2. The molecule has 0 fully saturated rings. The molecule has 0 aliphatic rings. The summed E-state index contributed by atoms with van der Waals surface area (Å²) in [4.78, 5) is 13.4. The number of hydrogen-bond donors (Lipinski definition) is 0. The van der Waals surface area contributed by atoms with Crippen LogP contribution in [0.1, 0.15) is 46.5 Å². The average Bonchev–Trinajstić information content (AvgIpc) is 2.33. The lowest BCUT2D eigenvalue weighted by atomic mass is 10.2. The maximum absolute atomic E-state index is 9.86. The number of nitrogens with zero attached hydrogens (tertiary/aromatic N) is 1. The maximum Gasteiger partial charge on any atom is 0.234 e. The highest BCUT2D eigenvalue weighted by molar-refractivity contribution is 6.38. The average molecular weight is 273 g/mol. The molecule has 0 aromatic carbocycles. The van der Waals surface area contributed by atoms with E-state index >= 15 is 0 Å². The van der Waals surface area contributed by atoms with E-state index in [1.54, 1.807) is 6.08 Å². The maximum atomic E-state index is 9.86. The van der Waals surface area contributed by atoms with Crippen molar-refractivity contribution in [2.75, 3.05) is 19.8 Å². The van der Waals surface area contributed by atoms with Gasteiger partial charge in [-0.1, -0.05) is 25.3 Å². The molecule has 0 unspecified atom stereocenters. The van der Waals surface area contributed by atoms with Gasteiger partial charge in [-0.2, -0.15) is 0 Å². The molecule has 0 spiro atoms. The molecule has 106 valence electrons. The number of ether oxygens (including phenoxy) is 2. The largest absolute Gasteiger partial charge is 0.355 e. The molecule has 0 aromatic heterocycles. The fraction of sp³-hybridized carbons (Fsp3) is 0.923. The number of aliphatic imine (C=N–C) groups is 1. The molecule has 0 bridgehead atoms. The lowest BCUT2D eigenvalue weighted by molar-refractivity contribution is -0.163. The zero-order valence-corrected chi connectivity index (χ0v) is 13.5. The molecule has 0 aliphatic heterocycles. The monoisotopic (exact) mass is 273 g/mol. The summed E-state index contributed by atoms with van der Waals surface area (Å²) in [6, 6.07) is 1.24. The predicted molar refractivity (Wildman–Crippen MR) is 76.5 cm³/mol. The van der Waals surface area contributed by atoms with Gasteiger partial charge in [-0.15, -0.1) is 0 Å². The molecule has 0 heterocycles. The van der Waals surface area contributed by atoms with Crippen LogP contribution in [0.25, 0.3) is 0 Å². The molecular weight excluding hydrogens is 246 g/mol. The van der Waals surface area contributed by atoms with Crippen LogP contribution in [0, 0.1) is 0 Å². The third-order valence-electron chi connectivity index (χ3n) is 2.86. The van der Waals surface area contributed by atoms with E-state index in [2.05, 4.69) is 11.9 Å². The third-order valence-corrected chi connectivity index (χ3v) is 5.03. The van der Waals surface area contributed by atoms with E-state index < -0.39 is 0 Å². The molecule has 0 saturated heterocycles. The SMILES string of the molecule is CCOC(C)(OCC)[SiH2]CCCCCCN=C=O. The van der Waals surface area contributed by atoms with Crippen molar-refractivity contribution in [3.8, 4) is 0 Å². The van der Waals surface area contributed by atoms with E-state index in [4.69, 9.17) is 9.47 Å². The van der Waals surface area contributed by atoms with Crippen molar-refractivity contribution in [2.24, 2.45) is 4.99 Å². The molecule has 0 N–H and O–H groups in total. The molecular formula is C13H27NO3Si. The van der Waals surface area contributed by atoms with Gasteiger partial charge in [-0.05, 0) is 27.2 Å². The van der Waals surface area contributed by atoms with Crippen LogP contribution in [0.15, 0.2) is 4.99 Å². The standard InChI is InChI=1S/C13H27NO3Si/c1-4-16-13(3,17-5-2)18-11-9-7-6-8-10-14-12-15/h4-11,18H2,1-3H3. The summed E-state index contributed by atoms with van der Waals surface area (Å²) >= 11 is 0. The van der Waals surface area contributed by atoms with Crippen LogP contribution in [0.4, 0.5) is 0 Å². The van der Waals surface area contributed by atoms with Crippen LogP contribution in [0.5, 0.6) is 0 Å². The van der Waals surface area contributed by atoms with Crippen molar-refractivity contribution >= 4 is 15.6 Å². The van der Waals surface area contributed by atoms with Gasteiger partial charge < -0.3 is 9.47 Å². The Labute approximate surface area is 113 Å². The van der Waals surface area contributed by atoms with E-state index in [0.29, 0.717) is 19.8 Å². The van der Waals surface area contributed by atoms with Crippen molar-refractivity contribution in [1.82, 2.24) is 0 Å². The quantitative estimate of drug-likeness (QED) is 0.180. The van der Waals surface area contributed by atoms with Gasteiger partial charge in [0.1, 0.15) is 5.41 Å². The minimum atomic E-state index is -0.367. The summed E-state index contributed by atoms with van der Waals surface area (Å²) in [5.41, 5.74) is -0.286. The van der Waals surface area contributed by atoms with Crippen LogP contribution in [-0.4, -0.2) is 40.8 Å². The molecule has 0 amide bonds. The van der Waals surface area contributed by atoms with E-state index in [9.17, 15) is 4.79 Å². The van der Waals surface area contributed by atoms with Crippen LogP contribution < -0.4 is 0 Å². The zero-order valence-electron chi connectivity index (χ0n) is 12.0. The molecule has 0 rings (SSSR count). The van der Waals surface area contributed by atoms with Crippen LogP contribution in [0.2, 0.25) is 6.04 Å². The van der Waals surface area contributed by atoms with Crippen LogP contribution in [0.3, 0.4) is 0 Å². The number of carbonyl (C=O) groups excluding carboxylic acids is 1. The highest BCUT2D eigenvalue weighted by Gasteiger charge is 2.24. The van der Waals surface area contributed by atoms with Crippen molar-refractivity contribution in [2.45, 2.75) is 57.9 Å². The van der Waals surface area contributed by atoms with Crippen molar-refractivity contribution < 1.29 is 14.3 Å². The first kappa shape index (κ1) is 17.5. The number of rotatable bonds is 12. The highest BCUT2D eigenvalue weighted by Crippen LogP contribution is 2.14. The van der Waals surface area contributed by atoms with Gasteiger partial charge in [0.15, 0.2) is 0 Å². The first-order valence-corrected chi connectivity index (χ1v) is 8.70. The van der Waals surface area contributed by atoms with Crippen LogP contribution in [-0.2, 0) is 14.3 Å². The van der Waals surface area contributed by atoms with Gasteiger partial charge in [0.25, 0.3) is 0 Å². The summed E-state index contributed by atoms with van der Waals surface area (Å²) < 4.78 is 11.4. The molecule has 0 atom stereocenters. The molecule has 0 saturated carbocycles. The number of isocyanates is 1. The third kappa shape index (κ3) is 9.54. The van der Waals surface area contributed by atoms with Gasteiger partial charge >= 0.3 is 0 Å². The van der Waals surface area contributed by atoms with Gasteiger partial charge in [0, 0.05) is 13.2 Å². The van der Waals surface area contributed by atoms with E-state index in [0.717, 1.165) is 12.8 Å². The Morgan fingerprint density at radius 3 is 2.28 bits per heavy atom. The molecule has 5 heteroatoms. The first-order valence-electron chi connectivity index (χ1n) is 7.00.